The zero-order chi connectivity index (χ0) is 13.0. The molecular weight excluding hydrogens is 270 g/mol. The van der Waals surface area contributed by atoms with Crippen LogP contribution in [0.5, 0.6) is 0 Å². The molecule has 2 rings (SSSR count). The standard InChI is InChI=1S/C12H11NO3S2/c1-10-4-2-3-5-12(10)18(14,15)16-17-11-6-8-13-9-7-11/h2-9H,1H3. The second kappa shape index (κ2) is 5.51. The average Bonchev–Trinajstić information content (AvgIpc) is 2.38. The van der Waals surface area contributed by atoms with Crippen LogP contribution < -0.4 is 0 Å². The summed E-state index contributed by atoms with van der Waals surface area (Å²) < 4.78 is 28.9. The molecule has 0 aliphatic rings. The highest BCUT2D eigenvalue weighted by Crippen LogP contribution is 2.26. The van der Waals surface area contributed by atoms with E-state index in [0.29, 0.717) is 10.5 Å². The van der Waals surface area contributed by atoms with E-state index in [1.54, 1.807) is 49.6 Å². The molecule has 1 aromatic heterocycles. The molecule has 0 unspecified atom stereocenters. The van der Waals surface area contributed by atoms with Crippen molar-refractivity contribution in [3.05, 3.63) is 54.4 Å². The van der Waals surface area contributed by atoms with E-state index in [1.807, 2.05) is 0 Å². The molecule has 0 N–H and O–H groups in total. The van der Waals surface area contributed by atoms with Gasteiger partial charge in [0.1, 0.15) is 0 Å². The second-order valence-corrected chi connectivity index (χ2v) is 6.08. The van der Waals surface area contributed by atoms with E-state index in [9.17, 15) is 8.42 Å². The van der Waals surface area contributed by atoms with E-state index in [-0.39, 0.29) is 4.90 Å². The van der Waals surface area contributed by atoms with Crippen molar-refractivity contribution in [3.63, 3.8) is 0 Å². The van der Waals surface area contributed by atoms with Gasteiger partial charge in [0, 0.05) is 17.3 Å². The van der Waals surface area contributed by atoms with Gasteiger partial charge in [0.15, 0.2) is 0 Å². The molecule has 0 atom stereocenters. The topological polar surface area (TPSA) is 56.3 Å². The Morgan fingerprint density at radius 3 is 2.44 bits per heavy atom. The van der Waals surface area contributed by atoms with Crippen molar-refractivity contribution in [2.45, 2.75) is 16.7 Å². The number of nitrogens with zero attached hydrogens (tertiary/aromatic N) is 1. The van der Waals surface area contributed by atoms with Gasteiger partial charge in [-0.05, 0) is 30.7 Å². The first kappa shape index (κ1) is 13.1. The van der Waals surface area contributed by atoms with E-state index >= 15 is 0 Å². The molecule has 0 saturated heterocycles. The summed E-state index contributed by atoms with van der Waals surface area (Å²) in [6.07, 6.45) is 3.15. The first-order valence-electron chi connectivity index (χ1n) is 5.16. The summed E-state index contributed by atoms with van der Waals surface area (Å²) in [4.78, 5) is 4.71. The van der Waals surface area contributed by atoms with E-state index in [1.165, 1.54) is 6.07 Å². The number of aryl methyl sites for hydroxylation is 1. The van der Waals surface area contributed by atoms with Crippen LogP contribution in [0.2, 0.25) is 0 Å². The number of hydrogen-bond donors (Lipinski definition) is 0. The predicted octanol–water partition coefficient (Wildman–Crippen LogP) is 2.80. The highest BCUT2D eigenvalue weighted by Gasteiger charge is 2.18. The van der Waals surface area contributed by atoms with Gasteiger partial charge in [0.25, 0.3) is 0 Å². The molecule has 94 valence electrons. The second-order valence-electron chi connectivity index (χ2n) is 3.55. The highest BCUT2D eigenvalue weighted by molar-refractivity contribution is 8.04. The normalized spacial score (nSPS) is 11.4. The lowest BCUT2D eigenvalue weighted by molar-refractivity contribution is 0.517. The Hall–Kier alpha value is -1.37. The third-order valence-corrected chi connectivity index (χ3v) is 4.68. The van der Waals surface area contributed by atoms with Crippen molar-refractivity contribution in [3.8, 4) is 0 Å². The lowest BCUT2D eigenvalue weighted by Crippen LogP contribution is -2.03. The molecule has 0 aliphatic carbocycles. The van der Waals surface area contributed by atoms with Gasteiger partial charge in [-0.15, -0.1) is 0 Å². The number of benzene rings is 1. The molecule has 0 radical (unpaired) electrons. The zero-order valence-electron chi connectivity index (χ0n) is 9.61. The minimum absolute atomic E-state index is 0.187. The van der Waals surface area contributed by atoms with Gasteiger partial charge in [-0.3, -0.25) is 4.98 Å². The molecule has 2 aromatic rings. The molecule has 0 saturated carbocycles. The van der Waals surface area contributed by atoms with Crippen molar-refractivity contribution >= 4 is 22.2 Å². The van der Waals surface area contributed by atoms with E-state index in [4.69, 9.17) is 3.63 Å². The van der Waals surface area contributed by atoms with E-state index in [0.717, 1.165) is 12.0 Å². The first-order valence-corrected chi connectivity index (χ1v) is 7.31. The summed E-state index contributed by atoms with van der Waals surface area (Å²) in [6, 6.07) is 10.1. The monoisotopic (exact) mass is 281 g/mol. The van der Waals surface area contributed by atoms with E-state index in [2.05, 4.69) is 4.98 Å². The van der Waals surface area contributed by atoms with Gasteiger partial charge < -0.3 is 0 Å². The molecular formula is C12H11NO3S2. The fourth-order valence-electron chi connectivity index (χ4n) is 1.35. The number of rotatable bonds is 4. The maximum Gasteiger partial charge on any atom is 0.308 e. The summed E-state index contributed by atoms with van der Waals surface area (Å²) in [7, 11) is -3.75. The SMILES string of the molecule is Cc1ccccc1S(=O)(=O)OSc1ccncc1. The Kier molecular flexibility index (Phi) is 4.00. The van der Waals surface area contributed by atoms with Gasteiger partial charge in [-0.2, -0.15) is 12.0 Å². The molecule has 0 aliphatic heterocycles. The van der Waals surface area contributed by atoms with Crippen LogP contribution in [-0.4, -0.2) is 13.4 Å². The summed E-state index contributed by atoms with van der Waals surface area (Å²) in [5, 5.41) is 0. The summed E-state index contributed by atoms with van der Waals surface area (Å²) in [5.74, 6) is 0. The average molecular weight is 281 g/mol. The number of hydrogen-bond acceptors (Lipinski definition) is 5. The van der Waals surface area contributed by atoms with Crippen LogP contribution in [0.25, 0.3) is 0 Å². The fourth-order valence-corrected chi connectivity index (χ4v) is 3.26. The van der Waals surface area contributed by atoms with Crippen molar-refractivity contribution < 1.29 is 12.0 Å². The van der Waals surface area contributed by atoms with Gasteiger partial charge in [-0.1, -0.05) is 18.2 Å². The maximum absolute atomic E-state index is 12.0. The van der Waals surface area contributed by atoms with Gasteiger partial charge in [0.05, 0.1) is 16.9 Å². The number of pyridine rings is 1. The van der Waals surface area contributed by atoms with Crippen LogP contribution in [-0.2, 0) is 13.7 Å². The Morgan fingerprint density at radius 1 is 1.11 bits per heavy atom. The molecule has 18 heavy (non-hydrogen) atoms. The largest absolute Gasteiger partial charge is 0.308 e. The predicted molar refractivity (Wildman–Crippen MR) is 69.5 cm³/mol. The Bertz CT molecular complexity index is 627. The number of aromatic nitrogens is 1. The Balaban J connectivity index is 2.16. The molecule has 0 fully saturated rings. The van der Waals surface area contributed by atoms with Crippen LogP contribution in [0.4, 0.5) is 0 Å². The van der Waals surface area contributed by atoms with Crippen LogP contribution >= 0.6 is 12.0 Å². The Labute approximate surface area is 110 Å². The maximum atomic E-state index is 12.0. The van der Waals surface area contributed by atoms with Crippen molar-refractivity contribution in [2.75, 3.05) is 0 Å². The molecule has 1 aromatic carbocycles. The third kappa shape index (κ3) is 3.10. The van der Waals surface area contributed by atoms with E-state index < -0.39 is 10.1 Å². The molecule has 0 bridgehead atoms. The van der Waals surface area contributed by atoms with Crippen LogP contribution in [0.15, 0.2) is 58.6 Å². The fraction of sp³-hybridized carbons (Fsp3) is 0.0833. The van der Waals surface area contributed by atoms with Crippen LogP contribution in [0.3, 0.4) is 0 Å². The molecule has 1 heterocycles. The smallest absolute Gasteiger partial charge is 0.265 e. The molecule has 4 nitrogen and oxygen atoms in total. The van der Waals surface area contributed by atoms with Gasteiger partial charge >= 0.3 is 10.1 Å². The summed E-state index contributed by atoms with van der Waals surface area (Å²) in [5.41, 5.74) is 0.660. The highest BCUT2D eigenvalue weighted by atomic mass is 32.3. The quantitative estimate of drug-likeness (QED) is 0.807. The zero-order valence-corrected chi connectivity index (χ0v) is 11.2. The summed E-state index contributed by atoms with van der Waals surface area (Å²) >= 11 is 0.803. The molecule has 6 heteroatoms. The molecule has 0 amide bonds. The Morgan fingerprint density at radius 2 is 1.78 bits per heavy atom. The van der Waals surface area contributed by atoms with Gasteiger partial charge in [0.2, 0.25) is 0 Å². The van der Waals surface area contributed by atoms with Crippen LogP contribution in [0, 0.1) is 6.92 Å². The molecule has 0 spiro atoms. The van der Waals surface area contributed by atoms with Crippen molar-refractivity contribution in [1.82, 2.24) is 4.98 Å². The minimum atomic E-state index is -3.75. The lowest BCUT2D eigenvalue weighted by Gasteiger charge is -2.06. The first-order chi connectivity index (χ1) is 8.59. The lowest BCUT2D eigenvalue weighted by atomic mass is 10.2. The third-order valence-electron chi connectivity index (χ3n) is 2.23. The minimum Gasteiger partial charge on any atom is -0.265 e. The van der Waals surface area contributed by atoms with Gasteiger partial charge in [-0.25, -0.2) is 0 Å². The van der Waals surface area contributed by atoms with Crippen LogP contribution in [0.1, 0.15) is 5.56 Å². The van der Waals surface area contributed by atoms with Crippen molar-refractivity contribution in [1.29, 1.82) is 0 Å². The van der Waals surface area contributed by atoms with Crippen molar-refractivity contribution in [2.24, 2.45) is 0 Å². The summed E-state index contributed by atoms with van der Waals surface area (Å²) in [6.45, 7) is 1.73.